The van der Waals surface area contributed by atoms with Gasteiger partial charge in [0, 0.05) is 16.4 Å². The molecule has 0 radical (unpaired) electrons. The first-order valence-electron chi connectivity index (χ1n) is 9.40. The quantitative estimate of drug-likeness (QED) is 0.488. The van der Waals surface area contributed by atoms with Crippen LogP contribution in [0.4, 0.5) is 11.4 Å². The zero-order chi connectivity index (χ0) is 22.3. The Balaban J connectivity index is 1.56. The highest BCUT2D eigenvalue weighted by atomic mass is 35.5. The fourth-order valence-corrected chi connectivity index (χ4v) is 3.78. The van der Waals surface area contributed by atoms with Crippen LogP contribution in [-0.2, 0) is 14.8 Å². The van der Waals surface area contributed by atoms with Crippen LogP contribution in [-0.4, -0.2) is 27.5 Å². The van der Waals surface area contributed by atoms with Crippen molar-refractivity contribution in [3.63, 3.8) is 0 Å². The second-order valence-corrected chi connectivity index (χ2v) is 8.50. The van der Waals surface area contributed by atoms with E-state index >= 15 is 0 Å². The molecule has 3 rings (SSSR count). The third-order valence-electron chi connectivity index (χ3n) is 4.05. The Morgan fingerprint density at radius 2 is 1.39 bits per heavy atom. The minimum atomic E-state index is -3.77. The molecule has 31 heavy (non-hydrogen) atoms. The number of rotatable bonds is 9. The monoisotopic (exact) mass is 460 g/mol. The van der Waals surface area contributed by atoms with Crippen molar-refractivity contribution in [2.45, 2.75) is 11.8 Å². The van der Waals surface area contributed by atoms with Crippen LogP contribution < -0.4 is 19.5 Å². The van der Waals surface area contributed by atoms with Gasteiger partial charge in [0.25, 0.3) is 15.9 Å². The number of hydrogen-bond acceptors (Lipinski definition) is 5. The van der Waals surface area contributed by atoms with Crippen LogP contribution in [0.2, 0.25) is 5.02 Å². The molecule has 3 aromatic rings. The van der Waals surface area contributed by atoms with Crippen molar-refractivity contribution in [3.8, 4) is 11.5 Å². The van der Waals surface area contributed by atoms with Gasteiger partial charge in [0.1, 0.15) is 11.5 Å². The highest BCUT2D eigenvalue weighted by Crippen LogP contribution is 2.21. The van der Waals surface area contributed by atoms with E-state index in [1.165, 1.54) is 24.3 Å². The molecule has 0 aliphatic heterocycles. The van der Waals surface area contributed by atoms with Crippen LogP contribution in [0.3, 0.4) is 0 Å². The zero-order valence-electron chi connectivity index (χ0n) is 16.7. The SMILES string of the molecule is CCOc1ccc(NS(=O)(=O)c2ccc(NC(=O)COc3ccc(Cl)cc3)cc2)cc1. The van der Waals surface area contributed by atoms with Gasteiger partial charge in [-0.2, -0.15) is 0 Å². The highest BCUT2D eigenvalue weighted by molar-refractivity contribution is 7.92. The number of amides is 1. The van der Waals surface area contributed by atoms with E-state index in [-0.39, 0.29) is 17.4 Å². The lowest BCUT2D eigenvalue weighted by atomic mass is 10.3. The van der Waals surface area contributed by atoms with E-state index in [9.17, 15) is 13.2 Å². The highest BCUT2D eigenvalue weighted by Gasteiger charge is 2.14. The maximum atomic E-state index is 12.6. The van der Waals surface area contributed by atoms with E-state index in [2.05, 4.69) is 10.0 Å². The first kappa shape index (κ1) is 22.5. The molecule has 0 aliphatic carbocycles. The van der Waals surface area contributed by atoms with Crippen LogP contribution in [0.15, 0.2) is 77.7 Å². The number of carbonyl (C=O) groups is 1. The molecule has 0 bridgehead atoms. The zero-order valence-corrected chi connectivity index (χ0v) is 18.2. The van der Waals surface area contributed by atoms with Crippen LogP contribution in [0.1, 0.15) is 6.92 Å². The summed E-state index contributed by atoms with van der Waals surface area (Å²) in [6.45, 7) is 2.21. The largest absolute Gasteiger partial charge is 0.494 e. The van der Waals surface area contributed by atoms with Gasteiger partial charge in [0.15, 0.2) is 6.61 Å². The van der Waals surface area contributed by atoms with Gasteiger partial charge in [-0.1, -0.05) is 11.6 Å². The molecule has 0 atom stereocenters. The molecule has 1 amide bonds. The average Bonchev–Trinajstić information content (AvgIpc) is 2.75. The first-order chi connectivity index (χ1) is 14.9. The summed E-state index contributed by atoms with van der Waals surface area (Å²) >= 11 is 5.80. The summed E-state index contributed by atoms with van der Waals surface area (Å²) in [7, 11) is -3.77. The Kier molecular flexibility index (Phi) is 7.38. The summed E-state index contributed by atoms with van der Waals surface area (Å²) in [5.74, 6) is 0.796. The molecule has 7 nitrogen and oxygen atoms in total. The number of halogens is 1. The molecule has 162 valence electrons. The minimum Gasteiger partial charge on any atom is -0.494 e. The van der Waals surface area contributed by atoms with E-state index < -0.39 is 10.0 Å². The molecule has 0 aliphatic rings. The lowest BCUT2D eigenvalue weighted by Gasteiger charge is -2.11. The number of ether oxygens (including phenoxy) is 2. The number of nitrogens with one attached hydrogen (secondary N) is 2. The smallest absolute Gasteiger partial charge is 0.262 e. The van der Waals surface area contributed by atoms with Crippen LogP contribution in [0.25, 0.3) is 0 Å². The molecular formula is C22H21ClN2O5S. The van der Waals surface area contributed by atoms with Crippen molar-refractivity contribution in [1.29, 1.82) is 0 Å². The first-order valence-corrected chi connectivity index (χ1v) is 11.3. The summed E-state index contributed by atoms with van der Waals surface area (Å²) < 4.78 is 38.4. The van der Waals surface area contributed by atoms with E-state index in [0.717, 1.165) is 0 Å². The standard InChI is InChI=1S/C22H21ClN2O5S/c1-2-29-19-11-5-18(6-12-19)25-31(27,28)21-13-7-17(8-14-21)24-22(26)15-30-20-9-3-16(23)4-10-20/h3-14,25H,2,15H2,1H3,(H,24,26). The predicted molar refractivity (Wildman–Crippen MR) is 120 cm³/mol. The normalized spacial score (nSPS) is 10.9. The average molecular weight is 461 g/mol. The molecule has 0 fully saturated rings. The fraction of sp³-hybridized carbons (Fsp3) is 0.136. The Morgan fingerprint density at radius 1 is 0.839 bits per heavy atom. The van der Waals surface area contributed by atoms with Crippen LogP contribution >= 0.6 is 11.6 Å². The molecular weight excluding hydrogens is 440 g/mol. The van der Waals surface area contributed by atoms with Crippen molar-refractivity contribution in [1.82, 2.24) is 0 Å². The van der Waals surface area contributed by atoms with E-state index in [1.54, 1.807) is 48.5 Å². The summed E-state index contributed by atoms with van der Waals surface area (Å²) in [6, 6.07) is 19.1. The van der Waals surface area contributed by atoms with Crippen molar-refractivity contribution < 1.29 is 22.7 Å². The summed E-state index contributed by atoms with van der Waals surface area (Å²) in [6.07, 6.45) is 0. The number of benzene rings is 3. The minimum absolute atomic E-state index is 0.0665. The Labute approximate surface area is 186 Å². The van der Waals surface area contributed by atoms with E-state index in [4.69, 9.17) is 21.1 Å². The van der Waals surface area contributed by atoms with E-state index in [0.29, 0.717) is 34.5 Å². The van der Waals surface area contributed by atoms with Gasteiger partial charge < -0.3 is 14.8 Å². The van der Waals surface area contributed by atoms with Gasteiger partial charge in [-0.15, -0.1) is 0 Å². The van der Waals surface area contributed by atoms with Crippen LogP contribution in [0, 0.1) is 0 Å². The summed E-state index contributed by atoms with van der Waals surface area (Å²) in [5, 5.41) is 3.22. The van der Waals surface area contributed by atoms with Crippen molar-refractivity contribution in [2.75, 3.05) is 23.3 Å². The Hall–Kier alpha value is -3.23. The number of sulfonamides is 1. The lowest BCUT2D eigenvalue weighted by Crippen LogP contribution is -2.20. The molecule has 0 unspecified atom stereocenters. The molecule has 3 aromatic carbocycles. The number of hydrogen-bond donors (Lipinski definition) is 2. The molecule has 0 heterocycles. The van der Waals surface area contributed by atoms with Gasteiger partial charge in [-0.3, -0.25) is 9.52 Å². The van der Waals surface area contributed by atoms with Gasteiger partial charge in [-0.25, -0.2) is 8.42 Å². The van der Waals surface area contributed by atoms with Crippen molar-refractivity contribution >= 4 is 38.9 Å². The van der Waals surface area contributed by atoms with Crippen LogP contribution in [0.5, 0.6) is 11.5 Å². The maximum absolute atomic E-state index is 12.6. The van der Waals surface area contributed by atoms with Crippen molar-refractivity contribution in [2.24, 2.45) is 0 Å². The molecule has 0 saturated heterocycles. The maximum Gasteiger partial charge on any atom is 0.262 e. The van der Waals surface area contributed by atoms with Gasteiger partial charge in [0.2, 0.25) is 0 Å². The lowest BCUT2D eigenvalue weighted by molar-refractivity contribution is -0.118. The van der Waals surface area contributed by atoms with Crippen molar-refractivity contribution in [3.05, 3.63) is 77.8 Å². The Morgan fingerprint density at radius 3 is 2.00 bits per heavy atom. The van der Waals surface area contributed by atoms with Gasteiger partial charge >= 0.3 is 0 Å². The molecule has 0 aromatic heterocycles. The van der Waals surface area contributed by atoms with Gasteiger partial charge in [-0.05, 0) is 79.7 Å². The third kappa shape index (κ3) is 6.63. The van der Waals surface area contributed by atoms with Gasteiger partial charge in [0.05, 0.1) is 11.5 Å². The third-order valence-corrected chi connectivity index (χ3v) is 5.70. The predicted octanol–water partition coefficient (Wildman–Crippen LogP) is 4.56. The molecule has 0 saturated carbocycles. The second kappa shape index (κ2) is 10.2. The topological polar surface area (TPSA) is 93.7 Å². The molecule has 2 N–H and O–H groups in total. The molecule has 0 spiro atoms. The second-order valence-electron chi connectivity index (χ2n) is 6.38. The molecule has 9 heteroatoms. The summed E-state index contributed by atoms with van der Waals surface area (Å²) in [4.78, 5) is 12.1. The fourth-order valence-electron chi connectivity index (χ4n) is 2.59. The summed E-state index contributed by atoms with van der Waals surface area (Å²) in [5.41, 5.74) is 0.866. The number of carbonyl (C=O) groups excluding carboxylic acids is 1. The number of anilines is 2. The Bertz CT molecular complexity index is 1120. The van der Waals surface area contributed by atoms with E-state index in [1.807, 2.05) is 6.92 Å².